The summed E-state index contributed by atoms with van der Waals surface area (Å²) in [6.07, 6.45) is 0. The zero-order chi connectivity index (χ0) is 11.8. The zero-order valence-corrected chi connectivity index (χ0v) is 10.2. The topological polar surface area (TPSA) is 77.2 Å². The van der Waals surface area contributed by atoms with Gasteiger partial charge in [-0.15, -0.1) is 0 Å². The van der Waals surface area contributed by atoms with Gasteiger partial charge in [0, 0.05) is 10.7 Å². The van der Waals surface area contributed by atoms with Crippen molar-refractivity contribution in [1.29, 1.82) is 0 Å². The largest absolute Gasteiger partial charge is 0.366 e. The Morgan fingerprint density at radius 1 is 1.47 bits per heavy atom. The Morgan fingerprint density at radius 2 is 2.00 bits per heavy atom. The number of primary amides is 1. The van der Waals surface area contributed by atoms with Crippen LogP contribution < -0.4 is 5.73 Å². The molecule has 8 heteroatoms. The summed E-state index contributed by atoms with van der Waals surface area (Å²) in [7, 11) is 0.901. The van der Waals surface area contributed by atoms with E-state index in [1.54, 1.807) is 0 Å². The molecule has 1 aromatic carbocycles. The molecule has 82 valence electrons. The van der Waals surface area contributed by atoms with E-state index < -0.39 is 25.7 Å². The van der Waals surface area contributed by atoms with Crippen molar-refractivity contribution in [3.8, 4) is 0 Å². The number of rotatable bonds is 2. The number of halogens is 3. The second-order valence-corrected chi connectivity index (χ2v) is 5.89. The van der Waals surface area contributed by atoms with Crippen LogP contribution in [0.4, 0.5) is 4.39 Å². The number of hydrogen-bond donors (Lipinski definition) is 1. The summed E-state index contributed by atoms with van der Waals surface area (Å²) in [5.74, 6) is -1.87. The molecule has 4 nitrogen and oxygen atoms in total. The Labute approximate surface area is 97.8 Å². The third-order valence-corrected chi connectivity index (χ3v) is 3.99. The van der Waals surface area contributed by atoms with Crippen LogP contribution in [0.15, 0.2) is 21.5 Å². The molecule has 0 bridgehead atoms. The van der Waals surface area contributed by atoms with Crippen LogP contribution in [-0.4, -0.2) is 14.3 Å². The number of carbonyl (C=O) groups is 1. The molecule has 0 aromatic heterocycles. The van der Waals surface area contributed by atoms with E-state index in [0.717, 1.165) is 6.07 Å². The maximum atomic E-state index is 12.9. The van der Waals surface area contributed by atoms with Gasteiger partial charge in [-0.05, 0) is 28.1 Å². The Kier molecular flexibility index (Phi) is 3.37. The van der Waals surface area contributed by atoms with Crippen molar-refractivity contribution < 1.29 is 17.6 Å². The molecule has 0 fully saturated rings. The van der Waals surface area contributed by atoms with Gasteiger partial charge in [-0.3, -0.25) is 4.79 Å². The van der Waals surface area contributed by atoms with E-state index in [9.17, 15) is 17.6 Å². The van der Waals surface area contributed by atoms with E-state index in [-0.39, 0.29) is 10.0 Å². The molecule has 0 saturated heterocycles. The monoisotopic (exact) mass is 315 g/mol. The first-order valence-corrected chi connectivity index (χ1v) is 6.57. The summed E-state index contributed by atoms with van der Waals surface area (Å²) in [4.78, 5) is 10.3. The van der Waals surface area contributed by atoms with Crippen LogP contribution in [0.3, 0.4) is 0 Å². The summed E-state index contributed by atoms with van der Waals surface area (Å²) in [5, 5.41) is 0. The van der Waals surface area contributed by atoms with Crippen LogP contribution in [0.25, 0.3) is 0 Å². The Balaban J connectivity index is 3.63. The molecule has 1 aromatic rings. The summed E-state index contributed by atoms with van der Waals surface area (Å²) >= 11 is 2.82. The van der Waals surface area contributed by atoms with Crippen LogP contribution >= 0.6 is 26.6 Å². The minimum atomic E-state index is -4.13. The molecule has 0 saturated carbocycles. The first kappa shape index (κ1) is 12.4. The first-order valence-electron chi connectivity index (χ1n) is 3.47. The Bertz CT molecular complexity index is 531. The fourth-order valence-electron chi connectivity index (χ4n) is 0.921. The number of benzene rings is 1. The average Bonchev–Trinajstić information content (AvgIpc) is 2.06. The highest BCUT2D eigenvalue weighted by atomic mass is 79.9. The number of hydrogen-bond acceptors (Lipinski definition) is 3. The normalized spacial score (nSPS) is 11.4. The fraction of sp³-hybridized carbons (Fsp3) is 0. The molecule has 0 spiro atoms. The van der Waals surface area contributed by atoms with E-state index >= 15 is 0 Å². The Hall–Kier alpha value is -0.660. The van der Waals surface area contributed by atoms with Crippen molar-refractivity contribution in [1.82, 2.24) is 0 Å². The highest BCUT2D eigenvalue weighted by Gasteiger charge is 2.21. The van der Waals surface area contributed by atoms with Crippen LogP contribution in [0.5, 0.6) is 0 Å². The molecule has 15 heavy (non-hydrogen) atoms. The molecule has 0 heterocycles. The van der Waals surface area contributed by atoms with E-state index in [1.807, 2.05) is 0 Å². The van der Waals surface area contributed by atoms with Gasteiger partial charge >= 0.3 is 0 Å². The lowest BCUT2D eigenvalue weighted by atomic mass is 10.2. The molecular weight excluding hydrogens is 313 g/mol. The molecule has 0 atom stereocenters. The van der Waals surface area contributed by atoms with Gasteiger partial charge in [0.25, 0.3) is 9.05 Å². The number of amides is 1. The van der Waals surface area contributed by atoms with Crippen LogP contribution in [0.2, 0.25) is 0 Å². The molecule has 1 amide bonds. The van der Waals surface area contributed by atoms with Crippen LogP contribution in [0, 0.1) is 5.82 Å². The third-order valence-electron chi connectivity index (χ3n) is 1.53. The van der Waals surface area contributed by atoms with Gasteiger partial charge in [0.15, 0.2) is 0 Å². The summed E-state index contributed by atoms with van der Waals surface area (Å²) in [5.41, 5.74) is 4.64. The van der Waals surface area contributed by atoms with E-state index in [4.69, 9.17) is 16.4 Å². The lowest BCUT2D eigenvalue weighted by Crippen LogP contribution is -2.13. The quantitative estimate of drug-likeness (QED) is 0.842. The maximum Gasteiger partial charge on any atom is 0.262 e. The summed E-state index contributed by atoms with van der Waals surface area (Å²) in [6.45, 7) is 0. The van der Waals surface area contributed by atoms with Crippen molar-refractivity contribution in [2.45, 2.75) is 4.90 Å². The molecule has 0 radical (unpaired) electrons. The Morgan fingerprint density at radius 3 is 2.40 bits per heavy atom. The molecular formula is C7H4BrClFNO3S. The lowest BCUT2D eigenvalue weighted by molar-refractivity contribution is 0.0999. The van der Waals surface area contributed by atoms with Crippen molar-refractivity contribution >= 4 is 41.6 Å². The minimum Gasteiger partial charge on any atom is -0.366 e. The van der Waals surface area contributed by atoms with Gasteiger partial charge < -0.3 is 5.73 Å². The molecule has 1 rings (SSSR count). The van der Waals surface area contributed by atoms with Gasteiger partial charge in [-0.25, -0.2) is 12.8 Å². The molecule has 0 aliphatic carbocycles. The van der Waals surface area contributed by atoms with Gasteiger partial charge in [0.2, 0.25) is 5.91 Å². The summed E-state index contributed by atoms with van der Waals surface area (Å²) < 4.78 is 34.8. The van der Waals surface area contributed by atoms with Crippen molar-refractivity contribution in [3.63, 3.8) is 0 Å². The standard InChI is InChI=1S/C7H4BrClFNO3S/c8-6-4(7(11)12)1-3(10)2-5(6)15(9,13)14/h1-2H,(H2,11,12). The zero-order valence-electron chi connectivity index (χ0n) is 7.00. The predicted octanol–water partition coefficient (Wildman–Crippen LogP) is 1.61. The third kappa shape index (κ3) is 2.67. The van der Waals surface area contributed by atoms with Gasteiger partial charge in [0.05, 0.1) is 10.0 Å². The van der Waals surface area contributed by atoms with Crippen LogP contribution in [0.1, 0.15) is 10.4 Å². The van der Waals surface area contributed by atoms with Crippen molar-refractivity contribution in [3.05, 3.63) is 28.0 Å². The SMILES string of the molecule is NC(=O)c1cc(F)cc(S(=O)(=O)Cl)c1Br. The minimum absolute atomic E-state index is 0.147. The van der Waals surface area contributed by atoms with E-state index in [2.05, 4.69) is 15.9 Å². The smallest absolute Gasteiger partial charge is 0.262 e. The molecule has 0 aliphatic rings. The van der Waals surface area contributed by atoms with E-state index in [1.165, 1.54) is 0 Å². The molecule has 0 unspecified atom stereocenters. The first-order chi connectivity index (χ1) is 6.73. The van der Waals surface area contributed by atoms with Gasteiger partial charge in [-0.1, -0.05) is 0 Å². The second kappa shape index (κ2) is 4.07. The van der Waals surface area contributed by atoms with Gasteiger partial charge in [-0.2, -0.15) is 0 Å². The average molecular weight is 317 g/mol. The molecule has 2 N–H and O–H groups in total. The van der Waals surface area contributed by atoms with Crippen molar-refractivity contribution in [2.24, 2.45) is 5.73 Å². The predicted molar refractivity (Wildman–Crippen MR) is 55.7 cm³/mol. The van der Waals surface area contributed by atoms with E-state index in [0.29, 0.717) is 6.07 Å². The highest BCUT2D eigenvalue weighted by Crippen LogP contribution is 2.29. The number of nitrogens with two attached hydrogens (primary N) is 1. The number of carbonyl (C=O) groups excluding carboxylic acids is 1. The van der Waals surface area contributed by atoms with Gasteiger partial charge in [0.1, 0.15) is 10.7 Å². The maximum absolute atomic E-state index is 12.9. The van der Waals surface area contributed by atoms with Crippen LogP contribution in [-0.2, 0) is 9.05 Å². The lowest BCUT2D eigenvalue weighted by Gasteiger charge is -2.04. The second-order valence-electron chi connectivity index (χ2n) is 2.57. The van der Waals surface area contributed by atoms with Crippen molar-refractivity contribution in [2.75, 3.05) is 0 Å². The molecule has 0 aliphatic heterocycles. The highest BCUT2D eigenvalue weighted by molar-refractivity contribution is 9.10. The fourth-order valence-corrected chi connectivity index (χ4v) is 3.21. The summed E-state index contributed by atoms with van der Waals surface area (Å²) in [6, 6.07) is 1.51.